The molecule has 2 aromatic heterocycles. The lowest BCUT2D eigenvalue weighted by Gasteiger charge is -2.07. The van der Waals surface area contributed by atoms with E-state index in [-0.39, 0.29) is 0 Å². The first-order valence-corrected chi connectivity index (χ1v) is 7.71. The van der Waals surface area contributed by atoms with Crippen molar-refractivity contribution in [3.05, 3.63) is 45.1 Å². The van der Waals surface area contributed by atoms with Crippen molar-refractivity contribution in [2.75, 3.05) is 12.4 Å². The zero-order valence-electron chi connectivity index (χ0n) is 10.3. The summed E-state index contributed by atoms with van der Waals surface area (Å²) in [5, 5.41) is 5.42. The largest absolute Gasteiger partial charge is 0.480 e. The molecule has 0 aliphatic heterocycles. The molecule has 0 atom stereocenters. The molecule has 0 amide bonds. The van der Waals surface area contributed by atoms with Gasteiger partial charge in [-0.3, -0.25) is 4.40 Å². The van der Waals surface area contributed by atoms with E-state index in [4.69, 9.17) is 4.74 Å². The van der Waals surface area contributed by atoms with Gasteiger partial charge in [0, 0.05) is 20.8 Å². The number of rotatable bonds is 4. The number of hydrogen-bond acceptors (Lipinski definition) is 4. The minimum Gasteiger partial charge on any atom is -0.480 e. The molecular formula is C13H12IN3OS. The maximum absolute atomic E-state index is 5.33. The highest BCUT2D eigenvalue weighted by Crippen LogP contribution is 2.24. The number of halogens is 1. The fourth-order valence-electron chi connectivity index (χ4n) is 1.89. The van der Waals surface area contributed by atoms with Crippen LogP contribution in [0, 0.1) is 3.57 Å². The number of benzene rings is 1. The number of ether oxygens (including phenoxy) is 1. The number of hydrogen-bond donors (Lipinski definition) is 1. The van der Waals surface area contributed by atoms with Gasteiger partial charge in [-0.2, -0.15) is 4.98 Å². The van der Waals surface area contributed by atoms with Crippen LogP contribution >= 0.6 is 33.9 Å². The van der Waals surface area contributed by atoms with Crippen LogP contribution in [0.4, 0.5) is 5.69 Å². The van der Waals surface area contributed by atoms with Crippen molar-refractivity contribution < 1.29 is 4.74 Å². The summed E-state index contributed by atoms with van der Waals surface area (Å²) in [5.74, 6) is 0.685. The van der Waals surface area contributed by atoms with Crippen LogP contribution in [0.1, 0.15) is 5.69 Å². The summed E-state index contributed by atoms with van der Waals surface area (Å²) in [7, 11) is 1.65. The highest BCUT2D eigenvalue weighted by Gasteiger charge is 2.13. The standard InChI is InChI=1S/C13H12IN3OS/c1-18-12-11(17-6-7-19-13(17)16-12)8-15-10-4-2-9(14)3-5-10/h2-7,15H,8H2,1H3. The van der Waals surface area contributed by atoms with Gasteiger partial charge in [0.05, 0.1) is 13.7 Å². The summed E-state index contributed by atoms with van der Waals surface area (Å²) in [6, 6.07) is 8.30. The Bertz CT molecular complexity index is 690. The van der Waals surface area contributed by atoms with Gasteiger partial charge in [0.2, 0.25) is 5.88 Å². The topological polar surface area (TPSA) is 38.6 Å². The Morgan fingerprint density at radius 3 is 2.89 bits per heavy atom. The Hall–Kier alpha value is -1.28. The predicted molar refractivity (Wildman–Crippen MR) is 86.1 cm³/mol. The van der Waals surface area contributed by atoms with E-state index < -0.39 is 0 Å². The monoisotopic (exact) mass is 385 g/mol. The van der Waals surface area contributed by atoms with E-state index in [2.05, 4.69) is 61.6 Å². The SMILES string of the molecule is COc1nc2sccn2c1CNc1ccc(I)cc1. The van der Waals surface area contributed by atoms with Crippen LogP contribution in [-0.4, -0.2) is 16.5 Å². The van der Waals surface area contributed by atoms with Gasteiger partial charge in [-0.05, 0) is 46.9 Å². The number of nitrogens with zero attached hydrogens (tertiary/aromatic N) is 2. The second-order valence-electron chi connectivity index (χ2n) is 3.98. The van der Waals surface area contributed by atoms with E-state index in [1.54, 1.807) is 18.4 Å². The van der Waals surface area contributed by atoms with Crippen LogP contribution in [0.2, 0.25) is 0 Å². The third-order valence-corrected chi connectivity index (χ3v) is 4.30. The highest BCUT2D eigenvalue weighted by atomic mass is 127. The summed E-state index contributed by atoms with van der Waals surface area (Å²) < 4.78 is 8.62. The van der Waals surface area contributed by atoms with Gasteiger partial charge in [0.25, 0.3) is 0 Å². The third-order valence-electron chi connectivity index (χ3n) is 2.82. The van der Waals surface area contributed by atoms with Crippen molar-refractivity contribution in [3.63, 3.8) is 0 Å². The summed E-state index contributed by atoms with van der Waals surface area (Å²) >= 11 is 3.90. The molecule has 1 N–H and O–H groups in total. The Labute approximate surface area is 128 Å². The van der Waals surface area contributed by atoms with Gasteiger partial charge in [0.15, 0.2) is 4.96 Å². The van der Waals surface area contributed by atoms with Crippen molar-refractivity contribution in [3.8, 4) is 5.88 Å². The first-order chi connectivity index (χ1) is 9.28. The van der Waals surface area contributed by atoms with Gasteiger partial charge in [-0.1, -0.05) is 0 Å². The second-order valence-corrected chi connectivity index (χ2v) is 6.10. The molecule has 6 heteroatoms. The van der Waals surface area contributed by atoms with Crippen molar-refractivity contribution in [2.24, 2.45) is 0 Å². The third kappa shape index (κ3) is 2.55. The minimum absolute atomic E-state index is 0.682. The van der Waals surface area contributed by atoms with E-state index in [9.17, 15) is 0 Å². The highest BCUT2D eigenvalue weighted by molar-refractivity contribution is 14.1. The maximum Gasteiger partial charge on any atom is 0.238 e. The number of nitrogens with one attached hydrogen (secondary N) is 1. The average molecular weight is 385 g/mol. The van der Waals surface area contributed by atoms with E-state index in [0.717, 1.165) is 16.3 Å². The number of anilines is 1. The van der Waals surface area contributed by atoms with Crippen LogP contribution < -0.4 is 10.1 Å². The molecule has 0 aliphatic carbocycles. The summed E-state index contributed by atoms with van der Waals surface area (Å²) in [6.07, 6.45) is 2.01. The maximum atomic E-state index is 5.33. The Kier molecular flexibility index (Phi) is 3.61. The number of methoxy groups -OCH3 is 1. The van der Waals surface area contributed by atoms with E-state index >= 15 is 0 Å². The van der Waals surface area contributed by atoms with Crippen molar-refractivity contribution >= 4 is 44.6 Å². The lowest BCUT2D eigenvalue weighted by atomic mass is 10.3. The van der Waals surface area contributed by atoms with Gasteiger partial charge in [0.1, 0.15) is 5.69 Å². The second kappa shape index (κ2) is 5.38. The van der Waals surface area contributed by atoms with E-state index in [1.165, 1.54) is 3.57 Å². The molecule has 0 saturated heterocycles. The van der Waals surface area contributed by atoms with Crippen LogP contribution in [-0.2, 0) is 6.54 Å². The normalized spacial score (nSPS) is 10.8. The van der Waals surface area contributed by atoms with Crippen LogP contribution in [0.25, 0.3) is 4.96 Å². The van der Waals surface area contributed by atoms with Crippen LogP contribution in [0.15, 0.2) is 35.8 Å². The first kappa shape index (κ1) is 12.7. The van der Waals surface area contributed by atoms with E-state index in [1.807, 2.05) is 11.6 Å². The van der Waals surface area contributed by atoms with Gasteiger partial charge in [-0.15, -0.1) is 11.3 Å². The summed E-state index contributed by atoms with van der Waals surface area (Å²) in [6.45, 7) is 0.682. The van der Waals surface area contributed by atoms with Crippen LogP contribution in [0.5, 0.6) is 5.88 Å². The van der Waals surface area contributed by atoms with Gasteiger partial charge >= 0.3 is 0 Å². The number of imidazole rings is 1. The molecule has 19 heavy (non-hydrogen) atoms. The lowest BCUT2D eigenvalue weighted by molar-refractivity contribution is 0.395. The molecule has 3 aromatic rings. The Morgan fingerprint density at radius 1 is 1.37 bits per heavy atom. The quantitative estimate of drug-likeness (QED) is 0.698. The molecule has 0 radical (unpaired) electrons. The molecule has 2 heterocycles. The molecule has 0 bridgehead atoms. The zero-order valence-corrected chi connectivity index (χ0v) is 13.2. The summed E-state index contributed by atoms with van der Waals surface area (Å²) in [5.41, 5.74) is 2.13. The fraction of sp³-hybridized carbons (Fsp3) is 0.154. The first-order valence-electron chi connectivity index (χ1n) is 5.76. The molecule has 0 saturated carbocycles. The molecule has 0 spiro atoms. The predicted octanol–water partition coefficient (Wildman–Crippen LogP) is 3.62. The molecular weight excluding hydrogens is 373 g/mol. The molecule has 4 nitrogen and oxygen atoms in total. The number of aromatic nitrogens is 2. The zero-order chi connectivity index (χ0) is 13.2. The molecule has 1 aromatic carbocycles. The van der Waals surface area contributed by atoms with Crippen molar-refractivity contribution in [1.29, 1.82) is 0 Å². The molecule has 3 rings (SSSR count). The van der Waals surface area contributed by atoms with Gasteiger partial charge in [-0.25, -0.2) is 0 Å². The van der Waals surface area contributed by atoms with Crippen molar-refractivity contribution in [1.82, 2.24) is 9.38 Å². The average Bonchev–Trinajstić information content (AvgIpc) is 2.99. The smallest absolute Gasteiger partial charge is 0.238 e. The molecule has 98 valence electrons. The molecule has 0 aliphatic rings. The van der Waals surface area contributed by atoms with E-state index in [0.29, 0.717) is 12.4 Å². The van der Waals surface area contributed by atoms with Crippen molar-refractivity contribution in [2.45, 2.75) is 6.54 Å². The minimum atomic E-state index is 0.682. The number of thiazole rings is 1. The summed E-state index contributed by atoms with van der Waals surface area (Å²) in [4.78, 5) is 5.39. The number of fused-ring (bicyclic) bond motifs is 1. The molecule has 0 fully saturated rings. The lowest BCUT2D eigenvalue weighted by Crippen LogP contribution is -2.03. The van der Waals surface area contributed by atoms with Gasteiger partial charge < -0.3 is 10.1 Å². The molecule has 0 unspecified atom stereocenters. The Balaban J connectivity index is 1.84. The Morgan fingerprint density at radius 2 is 2.16 bits per heavy atom. The fourth-order valence-corrected chi connectivity index (χ4v) is 2.97. The van der Waals surface area contributed by atoms with Crippen LogP contribution in [0.3, 0.4) is 0 Å².